The van der Waals surface area contributed by atoms with Crippen LogP contribution in [-0.2, 0) is 4.79 Å². The second-order valence-electron chi connectivity index (χ2n) is 6.09. The van der Waals surface area contributed by atoms with Crippen molar-refractivity contribution in [1.82, 2.24) is 0 Å². The number of hydrogen-bond donors (Lipinski definition) is 1. The maximum Gasteiger partial charge on any atom is 0.309 e. The van der Waals surface area contributed by atoms with Gasteiger partial charge in [0.1, 0.15) is 0 Å². The van der Waals surface area contributed by atoms with Crippen LogP contribution >= 0.6 is 15.9 Å². The molecule has 0 aromatic heterocycles. The van der Waals surface area contributed by atoms with Gasteiger partial charge in [-0.15, -0.1) is 0 Å². The molecule has 0 amide bonds. The first-order chi connectivity index (χ1) is 9.86. The Morgan fingerprint density at radius 1 is 1.52 bits per heavy atom. The predicted molar refractivity (Wildman–Crippen MR) is 85.2 cm³/mol. The molecule has 1 aromatic rings. The Kier molecular flexibility index (Phi) is 4.58. The first-order valence-corrected chi connectivity index (χ1v) is 7.83. The smallest absolute Gasteiger partial charge is 0.309 e. The van der Waals surface area contributed by atoms with Crippen molar-refractivity contribution in [3.8, 4) is 6.07 Å². The zero-order chi connectivity index (χ0) is 15.6. The molecular formula is C16H19BrN2O2. The molecule has 5 heteroatoms. The summed E-state index contributed by atoms with van der Waals surface area (Å²) in [5, 5.41) is 18.3. The van der Waals surface area contributed by atoms with E-state index in [-0.39, 0.29) is 5.92 Å². The lowest BCUT2D eigenvalue weighted by atomic mass is 9.74. The summed E-state index contributed by atoms with van der Waals surface area (Å²) in [6.07, 6.45) is 1.91. The molecule has 1 unspecified atom stereocenters. The summed E-state index contributed by atoms with van der Waals surface area (Å²) in [6, 6.07) is 7.65. The first-order valence-electron chi connectivity index (χ1n) is 7.04. The number of carbonyl (C=O) groups is 1. The van der Waals surface area contributed by atoms with Gasteiger partial charge < -0.3 is 10.0 Å². The Bertz CT molecular complexity index is 592. The molecule has 1 aliphatic rings. The van der Waals surface area contributed by atoms with E-state index in [0.717, 1.165) is 36.1 Å². The molecule has 21 heavy (non-hydrogen) atoms. The van der Waals surface area contributed by atoms with Crippen molar-refractivity contribution in [2.24, 2.45) is 11.3 Å². The van der Waals surface area contributed by atoms with Gasteiger partial charge in [-0.25, -0.2) is 0 Å². The topological polar surface area (TPSA) is 64.3 Å². The van der Waals surface area contributed by atoms with Crippen LogP contribution in [0.4, 0.5) is 5.69 Å². The number of hydrogen-bond acceptors (Lipinski definition) is 3. The number of nitrogens with zero attached hydrogens (tertiary/aromatic N) is 2. The summed E-state index contributed by atoms with van der Waals surface area (Å²) in [4.78, 5) is 13.7. The molecule has 1 atom stereocenters. The number of carboxylic acids is 1. The number of anilines is 1. The summed E-state index contributed by atoms with van der Waals surface area (Å²) in [5.74, 6) is -0.625. The molecule has 1 aliphatic heterocycles. The summed E-state index contributed by atoms with van der Waals surface area (Å²) in [5.41, 5.74) is 0.919. The molecule has 0 aliphatic carbocycles. The van der Waals surface area contributed by atoms with Crippen LogP contribution in [0.2, 0.25) is 0 Å². The maximum absolute atomic E-state index is 11.5. The van der Waals surface area contributed by atoms with Crippen LogP contribution in [0.15, 0.2) is 22.7 Å². The maximum atomic E-state index is 11.5. The summed E-state index contributed by atoms with van der Waals surface area (Å²) >= 11 is 3.51. The number of halogens is 1. The summed E-state index contributed by atoms with van der Waals surface area (Å²) in [7, 11) is 0. The van der Waals surface area contributed by atoms with E-state index in [1.807, 2.05) is 6.07 Å². The largest absolute Gasteiger partial charge is 0.481 e. The van der Waals surface area contributed by atoms with Crippen LogP contribution in [0.3, 0.4) is 0 Å². The number of carboxylic acid groups (broad SMARTS) is 1. The number of piperidine rings is 1. The van der Waals surface area contributed by atoms with Crippen molar-refractivity contribution < 1.29 is 9.90 Å². The van der Waals surface area contributed by atoms with Crippen molar-refractivity contribution in [3.63, 3.8) is 0 Å². The van der Waals surface area contributed by atoms with E-state index in [9.17, 15) is 9.90 Å². The van der Waals surface area contributed by atoms with E-state index in [0.29, 0.717) is 5.56 Å². The Labute approximate surface area is 133 Å². The quantitative estimate of drug-likeness (QED) is 0.903. The van der Waals surface area contributed by atoms with E-state index in [2.05, 4.69) is 26.9 Å². The molecule has 1 saturated heterocycles. The minimum absolute atomic E-state index is 0.117. The van der Waals surface area contributed by atoms with E-state index >= 15 is 0 Å². The zero-order valence-electron chi connectivity index (χ0n) is 12.3. The fourth-order valence-electron chi connectivity index (χ4n) is 2.79. The lowest BCUT2D eigenvalue weighted by Gasteiger charge is -2.40. The molecule has 1 aromatic carbocycles. The number of rotatable bonds is 3. The van der Waals surface area contributed by atoms with E-state index in [4.69, 9.17) is 5.26 Å². The van der Waals surface area contributed by atoms with Crippen molar-refractivity contribution in [1.29, 1.82) is 5.26 Å². The van der Waals surface area contributed by atoms with Gasteiger partial charge in [-0.1, -0.05) is 0 Å². The molecular weight excluding hydrogens is 332 g/mol. The van der Waals surface area contributed by atoms with Crippen molar-refractivity contribution >= 4 is 27.6 Å². The Morgan fingerprint density at radius 2 is 2.24 bits per heavy atom. The van der Waals surface area contributed by atoms with E-state index in [1.54, 1.807) is 26.0 Å². The van der Waals surface area contributed by atoms with Crippen molar-refractivity contribution in [2.75, 3.05) is 18.0 Å². The normalized spacial score (nSPS) is 19.1. The third-order valence-electron chi connectivity index (χ3n) is 4.41. The zero-order valence-corrected chi connectivity index (χ0v) is 13.9. The van der Waals surface area contributed by atoms with Gasteiger partial charge >= 0.3 is 5.97 Å². The summed E-state index contributed by atoms with van der Waals surface area (Å²) in [6.45, 7) is 5.25. The molecule has 0 bridgehead atoms. The number of nitriles is 1. The highest BCUT2D eigenvalue weighted by Crippen LogP contribution is 2.37. The van der Waals surface area contributed by atoms with Crippen molar-refractivity contribution in [3.05, 3.63) is 28.2 Å². The molecule has 2 rings (SSSR count). The van der Waals surface area contributed by atoms with Crippen LogP contribution in [0.1, 0.15) is 32.3 Å². The second-order valence-corrected chi connectivity index (χ2v) is 6.94. The SMILES string of the molecule is CC(C)(C(=O)O)C1CCCN(c2ccc(C#N)cc2Br)C1. The van der Waals surface area contributed by atoms with Crippen LogP contribution in [0, 0.1) is 22.7 Å². The van der Waals surface area contributed by atoms with E-state index < -0.39 is 11.4 Å². The van der Waals surface area contributed by atoms with Gasteiger partial charge in [0, 0.05) is 17.6 Å². The van der Waals surface area contributed by atoms with Crippen LogP contribution in [-0.4, -0.2) is 24.2 Å². The van der Waals surface area contributed by atoms with Gasteiger partial charge in [0.2, 0.25) is 0 Å². The van der Waals surface area contributed by atoms with Crippen LogP contribution < -0.4 is 4.90 Å². The monoisotopic (exact) mass is 350 g/mol. The Morgan fingerprint density at radius 3 is 2.81 bits per heavy atom. The van der Waals surface area contributed by atoms with Gasteiger partial charge in [0.25, 0.3) is 0 Å². The van der Waals surface area contributed by atoms with Gasteiger partial charge in [0.15, 0.2) is 0 Å². The number of aliphatic carboxylic acids is 1. The van der Waals surface area contributed by atoms with Gasteiger partial charge in [-0.05, 0) is 66.7 Å². The molecule has 0 spiro atoms. The third-order valence-corrected chi connectivity index (χ3v) is 5.05. The van der Waals surface area contributed by atoms with Crippen molar-refractivity contribution in [2.45, 2.75) is 26.7 Å². The lowest BCUT2D eigenvalue weighted by Crippen LogP contribution is -2.44. The summed E-state index contributed by atoms with van der Waals surface area (Å²) < 4.78 is 0.885. The average Bonchev–Trinajstić information content (AvgIpc) is 2.47. The highest BCUT2D eigenvalue weighted by atomic mass is 79.9. The molecule has 0 radical (unpaired) electrons. The van der Waals surface area contributed by atoms with E-state index in [1.165, 1.54) is 0 Å². The fraction of sp³-hybridized carbons (Fsp3) is 0.500. The van der Waals surface area contributed by atoms with Gasteiger partial charge in [-0.3, -0.25) is 4.79 Å². The first kappa shape index (κ1) is 15.8. The molecule has 112 valence electrons. The molecule has 1 fully saturated rings. The van der Waals surface area contributed by atoms with Gasteiger partial charge in [0.05, 0.1) is 22.7 Å². The average molecular weight is 351 g/mol. The fourth-order valence-corrected chi connectivity index (χ4v) is 3.42. The minimum Gasteiger partial charge on any atom is -0.481 e. The molecule has 1 heterocycles. The minimum atomic E-state index is -0.742. The second kappa shape index (κ2) is 6.07. The number of benzene rings is 1. The predicted octanol–water partition coefficient (Wildman–Crippen LogP) is 3.65. The molecule has 4 nitrogen and oxygen atoms in total. The molecule has 1 N–H and O–H groups in total. The standard InChI is InChI=1S/C16H19BrN2O2/c1-16(2,15(20)21)12-4-3-7-19(10-12)14-6-5-11(9-18)8-13(14)17/h5-6,8,12H,3-4,7,10H2,1-2H3,(H,20,21). The Hall–Kier alpha value is -1.54. The molecule has 0 saturated carbocycles. The Balaban J connectivity index is 2.22. The van der Waals surface area contributed by atoms with Crippen LogP contribution in [0.25, 0.3) is 0 Å². The van der Waals surface area contributed by atoms with Gasteiger partial charge in [-0.2, -0.15) is 5.26 Å². The highest BCUT2D eigenvalue weighted by Gasteiger charge is 2.39. The third kappa shape index (κ3) is 3.21. The highest BCUT2D eigenvalue weighted by molar-refractivity contribution is 9.10. The van der Waals surface area contributed by atoms with Crippen LogP contribution in [0.5, 0.6) is 0 Å². The lowest BCUT2D eigenvalue weighted by molar-refractivity contribution is -0.150.